The number of hydrogen-bond donors (Lipinski definition) is 5. The van der Waals surface area contributed by atoms with Crippen molar-refractivity contribution in [2.45, 2.75) is 89.5 Å². The number of anilines is 2. The Morgan fingerprint density at radius 3 is 2.02 bits per heavy atom. The molecule has 4 aliphatic heterocycles. The predicted molar refractivity (Wildman–Crippen MR) is 217 cm³/mol. The summed E-state index contributed by atoms with van der Waals surface area (Å²) in [5, 5.41) is 8.44. The monoisotopic (exact) mass is 806 g/mol. The highest BCUT2D eigenvalue weighted by molar-refractivity contribution is 6.07. The van der Waals surface area contributed by atoms with E-state index in [-0.39, 0.29) is 41.9 Å². The van der Waals surface area contributed by atoms with Gasteiger partial charge >= 0.3 is 18.2 Å². The van der Waals surface area contributed by atoms with Crippen LogP contribution in [-0.4, -0.2) is 99.2 Å². The summed E-state index contributed by atoms with van der Waals surface area (Å²) in [6.45, 7) is 6.75. The number of carbonyl (C=O) groups is 5. The molecule has 4 aromatic rings. The Kier molecular flexibility index (Phi) is 10.8. The number of rotatable bonds is 10. The van der Waals surface area contributed by atoms with Crippen molar-refractivity contribution in [2.24, 2.45) is 5.92 Å². The maximum Gasteiger partial charge on any atom is 0.407 e. The Bertz CT molecular complexity index is 2290. The molecule has 0 radical (unpaired) electrons. The number of nitrogens with one attached hydrogen (secondary N) is 5. The van der Waals surface area contributed by atoms with Crippen LogP contribution < -0.4 is 20.9 Å². The SMILES string of the molecule is CC[C@H](NC(=O)OC)C(=O)N1CCC[C@H]1c1ncc(-c2ccc3c(c2)NC(=O)N2c4ccc(-c5cnc(C6CCCN6C(=O)[C@@H](NC(=O)OC)C(C)C)[nH]5)cc4CC32)[nH]1. The second-order valence-electron chi connectivity index (χ2n) is 15.9. The second kappa shape index (κ2) is 16.1. The van der Waals surface area contributed by atoms with Gasteiger partial charge in [0.15, 0.2) is 0 Å². The fourth-order valence-corrected chi connectivity index (χ4v) is 8.97. The minimum absolute atomic E-state index is 0.131. The summed E-state index contributed by atoms with van der Waals surface area (Å²) in [4.78, 5) is 86.3. The van der Waals surface area contributed by atoms with Gasteiger partial charge in [0.05, 0.1) is 56.1 Å². The Morgan fingerprint density at radius 2 is 1.41 bits per heavy atom. The van der Waals surface area contributed by atoms with E-state index < -0.39 is 24.3 Å². The number of H-pyrrole nitrogens is 2. The Morgan fingerprint density at radius 1 is 0.814 bits per heavy atom. The van der Waals surface area contributed by atoms with Crippen LogP contribution in [0.25, 0.3) is 22.5 Å². The number of aromatic amines is 2. The largest absolute Gasteiger partial charge is 0.453 e. The van der Waals surface area contributed by atoms with Crippen LogP contribution >= 0.6 is 0 Å². The number of hydrogen-bond acceptors (Lipinski definition) is 9. The molecule has 310 valence electrons. The number of benzene rings is 2. The number of nitrogens with zero attached hydrogens (tertiary/aromatic N) is 5. The van der Waals surface area contributed by atoms with E-state index in [1.54, 1.807) is 22.2 Å². The summed E-state index contributed by atoms with van der Waals surface area (Å²) < 4.78 is 9.49. The zero-order valence-electron chi connectivity index (χ0n) is 33.8. The molecule has 5 N–H and O–H groups in total. The topological polar surface area (TPSA) is 207 Å². The average Bonchev–Trinajstić information content (AvgIpc) is 4.09. The van der Waals surface area contributed by atoms with Gasteiger partial charge in [-0.1, -0.05) is 39.0 Å². The van der Waals surface area contributed by atoms with E-state index in [2.05, 4.69) is 37.0 Å². The van der Waals surface area contributed by atoms with Gasteiger partial charge in [-0.15, -0.1) is 0 Å². The number of aromatic nitrogens is 4. The Balaban J connectivity index is 0.973. The van der Waals surface area contributed by atoms with Gasteiger partial charge in [-0.05, 0) is 79.3 Å². The molecule has 0 spiro atoms. The standard InChI is InChI=1S/C42H50N10O7/c1-6-27(48-41(56)58-4)38(53)50-15-7-9-32(50)36-44-21-30(46-36)24-11-13-26-28(18-24)47-40(55)52-31-14-12-23(17-25(31)19-34(26)52)29-20-43-37(45-29)33-10-8-16-51(33)39(54)35(22(2)3)49-42(57)59-5/h11-14,17-18,20-22,27,32-35H,6-10,15-16,19H2,1-5H3,(H,43,45)(H,44,46)(H,47,55)(H,48,56)(H,49,57)/t27-,32-,33?,34?,35-/m0/s1. The lowest BCUT2D eigenvalue weighted by molar-refractivity contribution is -0.135. The normalized spacial score (nSPS) is 20.4. The maximum absolute atomic E-state index is 13.7. The van der Waals surface area contributed by atoms with Crippen molar-refractivity contribution in [3.8, 4) is 22.5 Å². The third-order valence-electron chi connectivity index (χ3n) is 12.0. The Labute approximate surface area is 341 Å². The van der Waals surface area contributed by atoms with Gasteiger partial charge in [-0.2, -0.15) is 0 Å². The molecule has 2 aromatic heterocycles. The summed E-state index contributed by atoms with van der Waals surface area (Å²) in [6.07, 6.45) is 6.43. The summed E-state index contributed by atoms with van der Waals surface area (Å²) in [5.41, 5.74) is 6.94. The molecule has 6 heterocycles. The van der Waals surface area contributed by atoms with Crippen molar-refractivity contribution >= 4 is 41.4 Å². The molecule has 2 fully saturated rings. The number of carbonyl (C=O) groups excluding carboxylic acids is 5. The summed E-state index contributed by atoms with van der Waals surface area (Å²) >= 11 is 0. The lowest BCUT2D eigenvalue weighted by atomic mass is 9.96. The number of ether oxygens (including phenoxy) is 2. The van der Waals surface area contributed by atoms with Gasteiger partial charge in [0.25, 0.3) is 0 Å². The zero-order valence-corrected chi connectivity index (χ0v) is 33.8. The summed E-state index contributed by atoms with van der Waals surface area (Å²) in [6, 6.07) is 9.74. The van der Waals surface area contributed by atoms with Crippen LogP contribution in [-0.2, 0) is 25.5 Å². The molecule has 6 amide bonds. The minimum atomic E-state index is -0.717. The van der Waals surface area contributed by atoms with Crippen LogP contribution in [0.5, 0.6) is 0 Å². The molecule has 5 atom stereocenters. The number of urea groups is 1. The van der Waals surface area contributed by atoms with Crippen molar-refractivity contribution < 1.29 is 33.4 Å². The Hall–Kier alpha value is -6.39. The van der Waals surface area contributed by atoms with Crippen molar-refractivity contribution in [1.82, 2.24) is 40.4 Å². The van der Waals surface area contributed by atoms with Crippen molar-refractivity contribution in [3.05, 3.63) is 71.6 Å². The first-order valence-electron chi connectivity index (χ1n) is 20.3. The van der Waals surface area contributed by atoms with Crippen LogP contribution in [0.4, 0.5) is 25.8 Å². The van der Waals surface area contributed by atoms with Crippen LogP contribution in [0.15, 0.2) is 48.8 Å². The third-order valence-corrected chi connectivity index (χ3v) is 12.0. The molecule has 59 heavy (non-hydrogen) atoms. The lowest BCUT2D eigenvalue weighted by Gasteiger charge is -2.33. The molecule has 2 aromatic carbocycles. The quantitative estimate of drug-likeness (QED) is 0.128. The third kappa shape index (κ3) is 7.33. The molecule has 17 heteroatoms. The molecule has 4 aliphatic rings. The van der Waals surface area contributed by atoms with Gasteiger partial charge in [0, 0.05) is 30.0 Å². The highest BCUT2D eigenvalue weighted by Crippen LogP contribution is 2.47. The van der Waals surface area contributed by atoms with E-state index in [1.165, 1.54) is 14.2 Å². The molecular formula is C42H50N10O7. The van der Waals surface area contributed by atoms with Crippen LogP contribution in [0.1, 0.15) is 93.8 Å². The number of fused-ring (bicyclic) bond motifs is 5. The van der Waals surface area contributed by atoms with E-state index in [0.717, 1.165) is 70.7 Å². The highest BCUT2D eigenvalue weighted by Gasteiger charge is 2.41. The van der Waals surface area contributed by atoms with Crippen molar-refractivity contribution in [2.75, 3.05) is 37.5 Å². The van der Waals surface area contributed by atoms with E-state index in [1.807, 2.05) is 56.0 Å². The molecule has 17 nitrogen and oxygen atoms in total. The molecular weight excluding hydrogens is 757 g/mol. The lowest BCUT2D eigenvalue weighted by Crippen LogP contribution is -2.51. The molecule has 2 unspecified atom stereocenters. The average molecular weight is 807 g/mol. The summed E-state index contributed by atoms with van der Waals surface area (Å²) in [5.74, 6) is 0.884. The molecule has 8 rings (SSSR count). The van der Waals surface area contributed by atoms with E-state index >= 15 is 0 Å². The van der Waals surface area contributed by atoms with E-state index in [0.29, 0.717) is 37.6 Å². The van der Waals surface area contributed by atoms with Gasteiger partial charge in [-0.3, -0.25) is 14.5 Å². The smallest absolute Gasteiger partial charge is 0.407 e. The number of amides is 6. The van der Waals surface area contributed by atoms with E-state index in [4.69, 9.17) is 14.5 Å². The highest BCUT2D eigenvalue weighted by atomic mass is 16.5. The zero-order chi connectivity index (χ0) is 41.5. The molecule has 0 saturated carbocycles. The van der Waals surface area contributed by atoms with Gasteiger partial charge in [0.1, 0.15) is 23.7 Å². The fourth-order valence-electron chi connectivity index (χ4n) is 8.97. The predicted octanol–water partition coefficient (Wildman–Crippen LogP) is 5.96. The second-order valence-corrected chi connectivity index (χ2v) is 15.9. The first-order chi connectivity index (χ1) is 28.5. The number of likely N-dealkylation sites (tertiary alicyclic amines) is 2. The van der Waals surface area contributed by atoms with Gasteiger partial charge < -0.3 is 45.2 Å². The first kappa shape index (κ1) is 39.4. The van der Waals surface area contributed by atoms with Crippen molar-refractivity contribution in [1.29, 1.82) is 0 Å². The van der Waals surface area contributed by atoms with Crippen LogP contribution in [0.3, 0.4) is 0 Å². The fraction of sp³-hybridized carbons (Fsp3) is 0.452. The van der Waals surface area contributed by atoms with Gasteiger partial charge in [0.2, 0.25) is 11.8 Å². The number of alkyl carbamates (subject to hydrolysis) is 2. The van der Waals surface area contributed by atoms with E-state index in [9.17, 15) is 24.0 Å². The molecule has 2 saturated heterocycles. The number of imidazole rings is 2. The molecule has 0 aliphatic carbocycles. The minimum Gasteiger partial charge on any atom is -0.453 e. The van der Waals surface area contributed by atoms with Crippen LogP contribution in [0, 0.1) is 5.92 Å². The first-order valence-corrected chi connectivity index (χ1v) is 20.3. The molecule has 0 bridgehead atoms. The summed E-state index contributed by atoms with van der Waals surface area (Å²) in [7, 11) is 2.55. The van der Waals surface area contributed by atoms with Gasteiger partial charge in [-0.25, -0.2) is 24.4 Å². The number of methoxy groups -OCH3 is 2. The maximum atomic E-state index is 13.7. The van der Waals surface area contributed by atoms with Crippen molar-refractivity contribution in [3.63, 3.8) is 0 Å². The van der Waals surface area contributed by atoms with Crippen LogP contribution in [0.2, 0.25) is 0 Å².